The highest BCUT2D eigenvalue weighted by Gasteiger charge is 2.11. The average Bonchev–Trinajstić information content (AvgIpc) is 2.81. The Bertz CT molecular complexity index is 523. The lowest BCUT2D eigenvalue weighted by molar-refractivity contribution is 0.0939. The molecule has 3 N–H and O–H groups in total. The number of rotatable bonds is 4. The average molecular weight is 245 g/mol. The highest BCUT2D eigenvalue weighted by atomic mass is 16.3. The molecule has 0 aliphatic heterocycles. The van der Waals surface area contributed by atoms with Crippen molar-refractivity contribution in [1.82, 2.24) is 10.3 Å². The fraction of sp³-hybridized carbons (Fsp3) is 0.231. The summed E-state index contributed by atoms with van der Waals surface area (Å²) in [5.41, 5.74) is 6.04. The van der Waals surface area contributed by atoms with Crippen molar-refractivity contribution in [3.8, 4) is 0 Å². The van der Waals surface area contributed by atoms with Gasteiger partial charge in [-0.05, 0) is 31.2 Å². The summed E-state index contributed by atoms with van der Waals surface area (Å²) < 4.78 is 5.23. The number of carbonyl (C=O) groups is 1. The van der Waals surface area contributed by atoms with Gasteiger partial charge in [-0.3, -0.25) is 4.79 Å². The molecular weight excluding hydrogens is 230 g/mol. The smallest absolute Gasteiger partial charge is 0.251 e. The van der Waals surface area contributed by atoms with Crippen LogP contribution in [-0.2, 0) is 6.42 Å². The van der Waals surface area contributed by atoms with Crippen molar-refractivity contribution in [2.75, 3.05) is 5.73 Å². The molecule has 2 heterocycles. The maximum Gasteiger partial charge on any atom is 0.251 e. The first kappa shape index (κ1) is 12.2. The van der Waals surface area contributed by atoms with E-state index in [9.17, 15) is 4.79 Å². The molecule has 1 atom stereocenters. The lowest BCUT2D eigenvalue weighted by Gasteiger charge is -2.12. The van der Waals surface area contributed by atoms with Crippen molar-refractivity contribution >= 4 is 11.7 Å². The van der Waals surface area contributed by atoms with Crippen LogP contribution < -0.4 is 11.1 Å². The molecule has 0 spiro atoms. The van der Waals surface area contributed by atoms with Gasteiger partial charge in [0.2, 0.25) is 0 Å². The minimum atomic E-state index is -0.164. The number of anilines is 1. The zero-order valence-corrected chi connectivity index (χ0v) is 10.1. The van der Waals surface area contributed by atoms with E-state index in [1.807, 2.05) is 19.1 Å². The molecule has 1 amide bonds. The van der Waals surface area contributed by atoms with E-state index < -0.39 is 0 Å². The van der Waals surface area contributed by atoms with Gasteiger partial charge < -0.3 is 15.5 Å². The van der Waals surface area contributed by atoms with Crippen LogP contribution in [0.15, 0.2) is 41.1 Å². The number of nitrogens with one attached hydrogen (secondary N) is 1. The third-order valence-electron chi connectivity index (χ3n) is 2.51. The van der Waals surface area contributed by atoms with E-state index in [4.69, 9.17) is 10.2 Å². The summed E-state index contributed by atoms with van der Waals surface area (Å²) in [5.74, 6) is 1.02. The van der Waals surface area contributed by atoms with Crippen LogP contribution in [-0.4, -0.2) is 16.9 Å². The Morgan fingerprint density at radius 2 is 2.39 bits per heavy atom. The van der Waals surface area contributed by atoms with E-state index in [2.05, 4.69) is 10.3 Å². The van der Waals surface area contributed by atoms with Gasteiger partial charge >= 0.3 is 0 Å². The number of hydrogen-bond donors (Lipinski definition) is 2. The molecule has 94 valence electrons. The molecule has 18 heavy (non-hydrogen) atoms. The molecule has 1 unspecified atom stereocenters. The number of pyridine rings is 1. The zero-order valence-electron chi connectivity index (χ0n) is 10.1. The monoisotopic (exact) mass is 245 g/mol. The molecule has 5 nitrogen and oxygen atoms in total. The molecule has 0 bridgehead atoms. The highest BCUT2D eigenvalue weighted by Crippen LogP contribution is 2.06. The first-order valence-corrected chi connectivity index (χ1v) is 5.70. The molecular formula is C13H15N3O2. The summed E-state index contributed by atoms with van der Waals surface area (Å²) in [6.45, 7) is 1.92. The Balaban J connectivity index is 1.95. The van der Waals surface area contributed by atoms with Gasteiger partial charge in [0, 0.05) is 24.2 Å². The Labute approximate surface area is 105 Å². The van der Waals surface area contributed by atoms with Crippen LogP contribution in [0.4, 0.5) is 5.82 Å². The van der Waals surface area contributed by atoms with E-state index in [0.717, 1.165) is 5.76 Å². The number of amides is 1. The van der Waals surface area contributed by atoms with Crippen molar-refractivity contribution in [3.63, 3.8) is 0 Å². The van der Waals surface area contributed by atoms with Crippen LogP contribution in [0.1, 0.15) is 23.0 Å². The van der Waals surface area contributed by atoms with E-state index in [1.165, 1.54) is 6.20 Å². The molecule has 0 aliphatic carbocycles. The predicted octanol–water partition coefficient (Wildman–Crippen LogP) is 1.62. The molecule has 0 saturated carbocycles. The summed E-state index contributed by atoms with van der Waals surface area (Å²) in [6.07, 6.45) is 3.79. The summed E-state index contributed by atoms with van der Waals surface area (Å²) in [5, 5.41) is 2.88. The van der Waals surface area contributed by atoms with Gasteiger partial charge in [-0.1, -0.05) is 0 Å². The van der Waals surface area contributed by atoms with Crippen LogP contribution in [0.3, 0.4) is 0 Å². The van der Waals surface area contributed by atoms with Crippen molar-refractivity contribution in [1.29, 1.82) is 0 Å². The van der Waals surface area contributed by atoms with Gasteiger partial charge in [-0.15, -0.1) is 0 Å². The van der Waals surface area contributed by atoms with E-state index >= 15 is 0 Å². The molecule has 0 aliphatic rings. The van der Waals surface area contributed by atoms with Crippen molar-refractivity contribution in [3.05, 3.63) is 48.0 Å². The molecule has 0 radical (unpaired) electrons. The van der Waals surface area contributed by atoms with Crippen molar-refractivity contribution in [2.45, 2.75) is 19.4 Å². The van der Waals surface area contributed by atoms with Gasteiger partial charge in [0.1, 0.15) is 11.6 Å². The minimum Gasteiger partial charge on any atom is -0.469 e. The highest BCUT2D eigenvalue weighted by molar-refractivity contribution is 5.94. The number of carbonyl (C=O) groups excluding carboxylic acids is 1. The number of furan rings is 1. The van der Waals surface area contributed by atoms with Crippen LogP contribution in [0.5, 0.6) is 0 Å². The summed E-state index contributed by atoms with van der Waals surface area (Å²) in [7, 11) is 0. The van der Waals surface area contributed by atoms with Gasteiger partial charge in [0.15, 0.2) is 0 Å². The molecule has 2 aromatic rings. The molecule has 5 heteroatoms. The van der Waals surface area contributed by atoms with E-state index in [-0.39, 0.29) is 11.9 Å². The Kier molecular flexibility index (Phi) is 3.62. The first-order valence-electron chi connectivity index (χ1n) is 5.70. The Hall–Kier alpha value is -2.30. The standard InChI is InChI=1S/C13H15N3O2/c1-9(7-11-3-2-6-18-11)16-13(17)10-4-5-15-12(14)8-10/h2-6,8-9H,7H2,1H3,(H2,14,15)(H,16,17). The molecule has 0 fully saturated rings. The Morgan fingerprint density at radius 1 is 1.56 bits per heavy atom. The summed E-state index contributed by atoms with van der Waals surface area (Å²) in [6, 6.07) is 6.87. The van der Waals surface area contributed by atoms with E-state index in [0.29, 0.717) is 17.8 Å². The predicted molar refractivity (Wildman–Crippen MR) is 68.0 cm³/mol. The molecule has 0 aromatic carbocycles. The van der Waals surface area contributed by atoms with Gasteiger partial charge in [0.05, 0.1) is 6.26 Å². The normalized spacial score (nSPS) is 12.1. The SMILES string of the molecule is CC(Cc1ccco1)NC(=O)c1ccnc(N)c1. The van der Waals surface area contributed by atoms with Gasteiger partial charge in [-0.25, -0.2) is 4.98 Å². The van der Waals surface area contributed by atoms with Crippen LogP contribution in [0.25, 0.3) is 0 Å². The summed E-state index contributed by atoms with van der Waals surface area (Å²) >= 11 is 0. The fourth-order valence-electron chi connectivity index (χ4n) is 1.68. The van der Waals surface area contributed by atoms with Gasteiger partial charge in [-0.2, -0.15) is 0 Å². The lowest BCUT2D eigenvalue weighted by Crippen LogP contribution is -2.34. The van der Waals surface area contributed by atoms with E-state index in [1.54, 1.807) is 18.4 Å². The van der Waals surface area contributed by atoms with Crippen LogP contribution >= 0.6 is 0 Å². The molecule has 2 aromatic heterocycles. The summed E-state index contributed by atoms with van der Waals surface area (Å²) in [4.78, 5) is 15.8. The quantitative estimate of drug-likeness (QED) is 0.857. The maximum absolute atomic E-state index is 11.9. The van der Waals surface area contributed by atoms with Crippen molar-refractivity contribution in [2.24, 2.45) is 0 Å². The van der Waals surface area contributed by atoms with Crippen LogP contribution in [0.2, 0.25) is 0 Å². The molecule has 0 saturated heterocycles. The van der Waals surface area contributed by atoms with Gasteiger partial charge in [0.25, 0.3) is 5.91 Å². The molecule has 2 rings (SSSR count). The maximum atomic E-state index is 11.9. The zero-order chi connectivity index (χ0) is 13.0. The van der Waals surface area contributed by atoms with Crippen LogP contribution in [0, 0.1) is 0 Å². The number of nitrogen functional groups attached to an aromatic ring is 1. The third kappa shape index (κ3) is 3.10. The second kappa shape index (κ2) is 5.35. The number of aromatic nitrogens is 1. The number of hydrogen-bond acceptors (Lipinski definition) is 4. The van der Waals surface area contributed by atoms with Crippen molar-refractivity contribution < 1.29 is 9.21 Å². The Morgan fingerprint density at radius 3 is 3.06 bits per heavy atom. The second-order valence-electron chi connectivity index (χ2n) is 4.13. The number of nitrogens with zero attached hydrogens (tertiary/aromatic N) is 1. The largest absolute Gasteiger partial charge is 0.469 e. The number of nitrogens with two attached hydrogens (primary N) is 1. The second-order valence-corrected chi connectivity index (χ2v) is 4.13. The topological polar surface area (TPSA) is 81.2 Å². The minimum absolute atomic E-state index is 0.0157. The first-order chi connectivity index (χ1) is 8.65. The fourth-order valence-corrected chi connectivity index (χ4v) is 1.68. The third-order valence-corrected chi connectivity index (χ3v) is 2.51. The lowest BCUT2D eigenvalue weighted by atomic mass is 10.1.